The standard InChI is InChI=1S/C13H12N2O2/c16-12-6-3-5-11(8-12)15-13(17)9-10-4-1-2-7-14-10/h1-8,16H,9H2,(H,15,17). The topological polar surface area (TPSA) is 62.2 Å². The molecule has 1 aromatic heterocycles. The molecule has 0 saturated carbocycles. The van der Waals surface area contributed by atoms with Gasteiger partial charge in [-0.15, -0.1) is 0 Å². The van der Waals surface area contributed by atoms with Crippen molar-refractivity contribution in [2.75, 3.05) is 5.32 Å². The van der Waals surface area contributed by atoms with Crippen molar-refractivity contribution in [3.8, 4) is 5.75 Å². The molecule has 2 rings (SSSR count). The molecule has 0 atom stereocenters. The van der Waals surface area contributed by atoms with E-state index in [2.05, 4.69) is 10.3 Å². The third-order valence-corrected chi connectivity index (χ3v) is 2.20. The van der Waals surface area contributed by atoms with E-state index in [9.17, 15) is 9.90 Å². The minimum Gasteiger partial charge on any atom is -0.508 e. The molecule has 0 aliphatic heterocycles. The summed E-state index contributed by atoms with van der Waals surface area (Å²) < 4.78 is 0. The minimum absolute atomic E-state index is 0.126. The molecule has 1 aromatic carbocycles. The highest BCUT2D eigenvalue weighted by molar-refractivity contribution is 5.92. The number of aromatic hydroxyl groups is 1. The largest absolute Gasteiger partial charge is 0.508 e. The quantitative estimate of drug-likeness (QED) is 0.844. The summed E-state index contributed by atoms with van der Waals surface area (Å²) in [4.78, 5) is 15.7. The molecular weight excluding hydrogens is 216 g/mol. The Kier molecular flexibility index (Phi) is 3.35. The van der Waals surface area contributed by atoms with Gasteiger partial charge in [-0.3, -0.25) is 9.78 Å². The maximum atomic E-state index is 11.7. The lowest BCUT2D eigenvalue weighted by Crippen LogP contribution is -2.14. The van der Waals surface area contributed by atoms with E-state index < -0.39 is 0 Å². The number of pyridine rings is 1. The van der Waals surface area contributed by atoms with Gasteiger partial charge in [0, 0.05) is 23.6 Å². The Labute approximate surface area is 98.9 Å². The Bertz CT molecular complexity index is 512. The highest BCUT2D eigenvalue weighted by Crippen LogP contribution is 2.15. The molecule has 17 heavy (non-hydrogen) atoms. The van der Waals surface area contributed by atoms with Crippen molar-refractivity contribution in [1.29, 1.82) is 0 Å². The predicted octanol–water partition coefficient (Wildman–Crippen LogP) is 1.97. The first-order valence-corrected chi connectivity index (χ1v) is 5.23. The van der Waals surface area contributed by atoms with Crippen LogP contribution < -0.4 is 5.32 Å². The van der Waals surface area contributed by atoms with Crippen molar-refractivity contribution in [2.24, 2.45) is 0 Å². The van der Waals surface area contributed by atoms with Gasteiger partial charge in [0.15, 0.2) is 0 Å². The first-order chi connectivity index (χ1) is 8.24. The van der Waals surface area contributed by atoms with E-state index in [0.29, 0.717) is 11.4 Å². The van der Waals surface area contributed by atoms with Crippen LogP contribution in [0.15, 0.2) is 48.7 Å². The van der Waals surface area contributed by atoms with Gasteiger partial charge in [-0.25, -0.2) is 0 Å². The number of aromatic nitrogens is 1. The third-order valence-electron chi connectivity index (χ3n) is 2.20. The summed E-state index contributed by atoms with van der Waals surface area (Å²) in [5, 5.41) is 11.9. The van der Waals surface area contributed by atoms with Crippen molar-refractivity contribution in [3.05, 3.63) is 54.4 Å². The molecule has 0 fully saturated rings. The van der Waals surface area contributed by atoms with E-state index in [-0.39, 0.29) is 18.1 Å². The Morgan fingerprint density at radius 2 is 2.12 bits per heavy atom. The van der Waals surface area contributed by atoms with Crippen LogP contribution in [0.2, 0.25) is 0 Å². The number of carbonyl (C=O) groups is 1. The SMILES string of the molecule is O=C(Cc1ccccn1)Nc1cccc(O)c1. The van der Waals surface area contributed by atoms with E-state index >= 15 is 0 Å². The number of phenols is 1. The summed E-state index contributed by atoms with van der Waals surface area (Å²) >= 11 is 0. The third kappa shape index (κ3) is 3.31. The number of phenolic OH excluding ortho intramolecular Hbond substituents is 1. The summed E-state index contributed by atoms with van der Waals surface area (Å²) in [5.74, 6) is -0.0325. The van der Waals surface area contributed by atoms with Gasteiger partial charge < -0.3 is 10.4 Å². The minimum atomic E-state index is -0.158. The van der Waals surface area contributed by atoms with Gasteiger partial charge in [-0.2, -0.15) is 0 Å². The molecule has 0 unspecified atom stereocenters. The molecule has 4 nitrogen and oxygen atoms in total. The first kappa shape index (κ1) is 11.1. The molecule has 0 saturated heterocycles. The van der Waals surface area contributed by atoms with Gasteiger partial charge in [0.2, 0.25) is 5.91 Å². The van der Waals surface area contributed by atoms with Crippen molar-refractivity contribution < 1.29 is 9.90 Å². The highest BCUT2D eigenvalue weighted by Gasteiger charge is 2.04. The van der Waals surface area contributed by atoms with E-state index in [4.69, 9.17) is 0 Å². The van der Waals surface area contributed by atoms with Crippen LogP contribution in [-0.4, -0.2) is 16.0 Å². The molecule has 86 valence electrons. The molecule has 0 spiro atoms. The number of nitrogens with one attached hydrogen (secondary N) is 1. The Balaban J connectivity index is 1.98. The Morgan fingerprint density at radius 3 is 2.82 bits per heavy atom. The average molecular weight is 228 g/mol. The second-order valence-electron chi connectivity index (χ2n) is 3.60. The van der Waals surface area contributed by atoms with Gasteiger partial charge in [0.05, 0.1) is 6.42 Å². The van der Waals surface area contributed by atoms with Gasteiger partial charge in [-0.05, 0) is 24.3 Å². The van der Waals surface area contributed by atoms with E-state index in [1.165, 1.54) is 6.07 Å². The summed E-state index contributed by atoms with van der Waals surface area (Å²) in [5.41, 5.74) is 1.29. The molecule has 0 aliphatic carbocycles. The summed E-state index contributed by atoms with van der Waals surface area (Å²) in [6.45, 7) is 0. The summed E-state index contributed by atoms with van der Waals surface area (Å²) in [7, 11) is 0. The lowest BCUT2D eigenvalue weighted by molar-refractivity contribution is -0.115. The van der Waals surface area contributed by atoms with Gasteiger partial charge in [-0.1, -0.05) is 12.1 Å². The second-order valence-corrected chi connectivity index (χ2v) is 3.60. The number of hydrogen-bond acceptors (Lipinski definition) is 3. The fourth-order valence-corrected chi connectivity index (χ4v) is 1.46. The number of amides is 1. The molecule has 0 aliphatic rings. The average Bonchev–Trinajstić information content (AvgIpc) is 2.30. The number of carbonyl (C=O) groups excluding carboxylic acids is 1. The van der Waals surface area contributed by atoms with Crippen molar-refractivity contribution in [2.45, 2.75) is 6.42 Å². The maximum absolute atomic E-state index is 11.7. The number of nitrogens with zero attached hydrogens (tertiary/aromatic N) is 1. The summed E-state index contributed by atoms with van der Waals surface area (Å²) in [6, 6.07) is 11.9. The zero-order valence-electron chi connectivity index (χ0n) is 9.13. The number of anilines is 1. The van der Waals surface area contributed by atoms with Crippen LogP contribution in [0.5, 0.6) is 5.75 Å². The van der Waals surface area contributed by atoms with E-state index in [1.54, 1.807) is 36.5 Å². The van der Waals surface area contributed by atoms with Crippen LogP contribution in [0.1, 0.15) is 5.69 Å². The highest BCUT2D eigenvalue weighted by atomic mass is 16.3. The van der Waals surface area contributed by atoms with Crippen molar-refractivity contribution in [1.82, 2.24) is 4.98 Å². The van der Waals surface area contributed by atoms with Crippen LogP contribution in [0.4, 0.5) is 5.69 Å². The lowest BCUT2D eigenvalue weighted by Gasteiger charge is -2.04. The van der Waals surface area contributed by atoms with E-state index in [0.717, 1.165) is 0 Å². The van der Waals surface area contributed by atoms with Gasteiger partial charge in [0.25, 0.3) is 0 Å². The Morgan fingerprint density at radius 1 is 1.24 bits per heavy atom. The molecule has 1 amide bonds. The van der Waals surface area contributed by atoms with Gasteiger partial charge >= 0.3 is 0 Å². The molecule has 2 aromatic rings. The molecule has 4 heteroatoms. The zero-order chi connectivity index (χ0) is 12.1. The molecule has 1 heterocycles. The monoisotopic (exact) mass is 228 g/mol. The fraction of sp³-hybridized carbons (Fsp3) is 0.0769. The maximum Gasteiger partial charge on any atom is 0.230 e. The zero-order valence-corrected chi connectivity index (χ0v) is 9.13. The van der Waals surface area contributed by atoms with Crippen LogP contribution in [0.25, 0.3) is 0 Å². The van der Waals surface area contributed by atoms with Crippen molar-refractivity contribution in [3.63, 3.8) is 0 Å². The van der Waals surface area contributed by atoms with E-state index in [1.807, 2.05) is 6.07 Å². The predicted molar refractivity (Wildman–Crippen MR) is 64.7 cm³/mol. The van der Waals surface area contributed by atoms with Gasteiger partial charge in [0.1, 0.15) is 5.75 Å². The number of rotatable bonds is 3. The number of benzene rings is 1. The van der Waals surface area contributed by atoms with Crippen molar-refractivity contribution >= 4 is 11.6 Å². The van der Waals surface area contributed by atoms with Crippen LogP contribution in [0.3, 0.4) is 0 Å². The normalized spacial score (nSPS) is 9.88. The molecular formula is C13H12N2O2. The van der Waals surface area contributed by atoms with Crippen LogP contribution in [0, 0.1) is 0 Å². The molecule has 0 bridgehead atoms. The molecule has 2 N–H and O–H groups in total. The fourth-order valence-electron chi connectivity index (χ4n) is 1.46. The second kappa shape index (κ2) is 5.12. The molecule has 0 radical (unpaired) electrons. The summed E-state index contributed by atoms with van der Waals surface area (Å²) in [6.07, 6.45) is 1.87. The lowest BCUT2D eigenvalue weighted by atomic mass is 10.2. The first-order valence-electron chi connectivity index (χ1n) is 5.23. The smallest absolute Gasteiger partial charge is 0.230 e. The van der Waals surface area contributed by atoms with Crippen LogP contribution in [-0.2, 0) is 11.2 Å². The van der Waals surface area contributed by atoms with Crippen LogP contribution >= 0.6 is 0 Å². The number of hydrogen-bond donors (Lipinski definition) is 2. The Hall–Kier alpha value is -2.36.